The van der Waals surface area contributed by atoms with E-state index in [2.05, 4.69) is 15.9 Å². The second-order valence-corrected chi connectivity index (χ2v) is 6.37. The molecule has 0 radical (unpaired) electrons. The summed E-state index contributed by atoms with van der Waals surface area (Å²) in [6, 6.07) is 7.75. The lowest BCUT2D eigenvalue weighted by Crippen LogP contribution is -2.36. The van der Waals surface area contributed by atoms with Gasteiger partial charge in [-0.3, -0.25) is 4.79 Å². The molecule has 1 aliphatic carbocycles. The number of carbonyl (C=O) groups is 1. The molecule has 1 fully saturated rings. The second kappa shape index (κ2) is 6.20. The normalized spacial score (nSPS) is 18.8. The van der Waals surface area contributed by atoms with Gasteiger partial charge in [-0.05, 0) is 30.5 Å². The number of rotatable bonds is 3. The Morgan fingerprint density at radius 3 is 2.40 bits per heavy atom. The number of carbonyl (C=O) groups excluding carboxylic acids is 1. The van der Waals surface area contributed by atoms with E-state index in [1.165, 1.54) is 0 Å². The van der Waals surface area contributed by atoms with Crippen molar-refractivity contribution in [1.29, 1.82) is 0 Å². The fourth-order valence-electron chi connectivity index (χ4n) is 2.54. The molecule has 0 heterocycles. The highest BCUT2D eigenvalue weighted by molar-refractivity contribution is 9.10. The van der Waals surface area contributed by atoms with Gasteiger partial charge in [-0.25, -0.2) is 8.78 Å². The molecule has 2 rings (SSSR count). The monoisotopic (exact) mass is 345 g/mol. The Kier molecular flexibility index (Phi) is 4.78. The van der Waals surface area contributed by atoms with Crippen molar-refractivity contribution in [3.8, 4) is 0 Å². The third-order valence-corrected chi connectivity index (χ3v) is 4.30. The molecule has 20 heavy (non-hydrogen) atoms. The number of hydrogen-bond acceptors (Lipinski definition) is 1. The van der Waals surface area contributed by atoms with Crippen LogP contribution in [0.15, 0.2) is 28.7 Å². The van der Waals surface area contributed by atoms with Crippen molar-refractivity contribution < 1.29 is 13.6 Å². The summed E-state index contributed by atoms with van der Waals surface area (Å²) in [5.74, 6) is -2.86. The standard InChI is InChI=1S/C15H18BrF2NO/c1-19(10-11-2-4-13(16)5-3-11)14(20)12-6-8-15(17,18)9-7-12/h2-5,12H,6-10H2,1H3. The van der Waals surface area contributed by atoms with Gasteiger partial charge in [-0.1, -0.05) is 28.1 Å². The highest BCUT2D eigenvalue weighted by atomic mass is 79.9. The third kappa shape index (κ3) is 4.01. The molecule has 5 heteroatoms. The molecule has 0 aromatic heterocycles. The molecule has 0 atom stereocenters. The molecule has 0 bridgehead atoms. The minimum Gasteiger partial charge on any atom is -0.341 e. The molecular weight excluding hydrogens is 328 g/mol. The number of alkyl halides is 2. The molecule has 0 spiro atoms. The largest absolute Gasteiger partial charge is 0.341 e. The second-order valence-electron chi connectivity index (χ2n) is 5.45. The minimum atomic E-state index is -2.58. The lowest BCUT2D eigenvalue weighted by atomic mass is 9.86. The van der Waals surface area contributed by atoms with Crippen LogP contribution in [-0.2, 0) is 11.3 Å². The van der Waals surface area contributed by atoms with Gasteiger partial charge in [0.1, 0.15) is 0 Å². The summed E-state index contributed by atoms with van der Waals surface area (Å²) in [7, 11) is 1.73. The Morgan fingerprint density at radius 2 is 1.85 bits per heavy atom. The van der Waals surface area contributed by atoms with E-state index in [-0.39, 0.29) is 37.5 Å². The molecule has 2 nitrogen and oxygen atoms in total. The lowest BCUT2D eigenvalue weighted by molar-refractivity contribution is -0.138. The summed E-state index contributed by atoms with van der Waals surface area (Å²) in [6.07, 6.45) is 0.234. The SMILES string of the molecule is CN(Cc1ccc(Br)cc1)C(=O)C1CCC(F)(F)CC1. The zero-order valence-electron chi connectivity index (χ0n) is 11.4. The van der Waals surface area contributed by atoms with Crippen LogP contribution in [0, 0.1) is 5.92 Å². The Bertz CT molecular complexity index is 465. The summed E-state index contributed by atoms with van der Waals surface area (Å²) < 4.78 is 27.2. The molecular formula is C15H18BrF2NO. The number of hydrogen-bond donors (Lipinski definition) is 0. The van der Waals surface area contributed by atoms with E-state index < -0.39 is 5.92 Å². The summed E-state index contributed by atoms with van der Waals surface area (Å²) >= 11 is 3.36. The predicted octanol–water partition coefficient (Wildman–Crippen LogP) is 4.23. The van der Waals surface area contributed by atoms with E-state index in [4.69, 9.17) is 0 Å². The zero-order valence-corrected chi connectivity index (χ0v) is 13.0. The molecule has 1 aromatic carbocycles. The van der Waals surface area contributed by atoms with Crippen molar-refractivity contribution in [2.45, 2.75) is 38.2 Å². The summed E-state index contributed by atoms with van der Waals surface area (Å²) in [6.45, 7) is 0.513. The van der Waals surface area contributed by atoms with Crippen LogP contribution in [0.3, 0.4) is 0 Å². The van der Waals surface area contributed by atoms with Crippen LogP contribution in [0.5, 0.6) is 0 Å². The van der Waals surface area contributed by atoms with E-state index >= 15 is 0 Å². The summed E-state index contributed by atoms with van der Waals surface area (Å²) in [5.41, 5.74) is 1.03. The van der Waals surface area contributed by atoms with Gasteiger partial charge in [-0.15, -0.1) is 0 Å². The summed E-state index contributed by atoms with van der Waals surface area (Å²) in [4.78, 5) is 13.9. The Labute approximate surface area is 126 Å². The van der Waals surface area contributed by atoms with Gasteiger partial charge >= 0.3 is 0 Å². The van der Waals surface area contributed by atoms with Crippen LogP contribution in [0.1, 0.15) is 31.2 Å². The minimum absolute atomic E-state index is 0.0246. The predicted molar refractivity (Wildman–Crippen MR) is 77.5 cm³/mol. The van der Waals surface area contributed by atoms with E-state index in [1.54, 1.807) is 11.9 Å². The first-order valence-electron chi connectivity index (χ1n) is 6.75. The van der Waals surface area contributed by atoms with E-state index in [1.807, 2.05) is 24.3 Å². The van der Waals surface area contributed by atoms with Crippen molar-refractivity contribution in [2.24, 2.45) is 5.92 Å². The first-order valence-corrected chi connectivity index (χ1v) is 7.54. The molecule has 110 valence electrons. The van der Waals surface area contributed by atoms with Gasteiger partial charge in [0, 0.05) is 36.8 Å². The maximum absolute atomic E-state index is 13.1. The zero-order chi connectivity index (χ0) is 14.8. The van der Waals surface area contributed by atoms with Crippen molar-refractivity contribution in [1.82, 2.24) is 4.90 Å². The average Bonchev–Trinajstić information content (AvgIpc) is 2.40. The Morgan fingerprint density at radius 1 is 1.30 bits per heavy atom. The van der Waals surface area contributed by atoms with E-state index in [0.717, 1.165) is 10.0 Å². The van der Waals surface area contributed by atoms with Gasteiger partial charge in [0.25, 0.3) is 0 Å². The Hall–Kier alpha value is -0.970. The van der Waals surface area contributed by atoms with Crippen LogP contribution < -0.4 is 0 Å². The van der Waals surface area contributed by atoms with Crippen LogP contribution in [0.4, 0.5) is 8.78 Å². The third-order valence-electron chi connectivity index (χ3n) is 3.78. The quantitative estimate of drug-likeness (QED) is 0.802. The fraction of sp³-hybridized carbons (Fsp3) is 0.533. The van der Waals surface area contributed by atoms with Crippen LogP contribution in [-0.4, -0.2) is 23.8 Å². The molecule has 0 saturated heterocycles. The van der Waals surface area contributed by atoms with Crippen molar-refractivity contribution in [3.05, 3.63) is 34.3 Å². The molecule has 1 saturated carbocycles. The number of benzene rings is 1. The lowest BCUT2D eigenvalue weighted by Gasteiger charge is -2.30. The molecule has 0 N–H and O–H groups in total. The maximum atomic E-state index is 13.1. The van der Waals surface area contributed by atoms with Crippen molar-refractivity contribution in [2.75, 3.05) is 7.05 Å². The topological polar surface area (TPSA) is 20.3 Å². The van der Waals surface area contributed by atoms with Crippen LogP contribution in [0.2, 0.25) is 0 Å². The average molecular weight is 346 g/mol. The smallest absolute Gasteiger partial charge is 0.248 e. The summed E-state index contributed by atoms with van der Waals surface area (Å²) in [5, 5.41) is 0. The van der Waals surface area contributed by atoms with Gasteiger partial charge < -0.3 is 4.90 Å². The van der Waals surface area contributed by atoms with Gasteiger partial charge in [0.15, 0.2) is 0 Å². The molecule has 1 amide bonds. The number of halogens is 3. The van der Waals surface area contributed by atoms with Crippen molar-refractivity contribution >= 4 is 21.8 Å². The van der Waals surface area contributed by atoms with Crippen LogP contribution in [0.25, 0.3) is 0 Å². The fourth-order valence-corrected chi connectivity index (χ4v) is 2.80. The first-order chi connectivity index (χ1) is 9.37. The van der Waals surface area contributed by atoms with Gasteiger partial charge in [-0.2, -0.15) is 0 Å². The highest BCUT2D eigenvalue weighted by Gasteiger charge is 2.38. The van der Waals surface area contributed by atoms with E-state index in [0.29, 0.717) is 6.54 Å². The van der Waals surface area contributed by atoms with Gasteiger partial charge in [0.2, 0.25) is 11.8 Å². The number of nitrogens with zero attached hydrogens (tertiary/aromatic N) is 1. The van der Waals surface area contributed by atoms with Crippen molar-refractivity contribution in [3.63, 3.8) is 0 Å². The molecule has 0 unspecified atom stereocenters. The molecule has 1 aromatic rings. The number of amides is 1. The van der Waals surface area contributed by atoms with E-state index in [9.17, 15) is 13.6 Å². The maximum Gasteiger partial charge on any atom is 0.248 e. The molecule has 1 aliphatic rings. The Balaban J connectivity index is 1.90. The highest BCUT2D eigenvalue weighted by Crippen LogP contribution is 2.36. The van der Waals surface area contributed by atoms with Gasteiger partial charge in [0.05, 0.1) is 0 Å². The molecule has 0 aliphatic heterocycles. The van der Waals surface area contributed by atoms with Crippen LogP contribution >= 0.6 is 15.9 Å². The first kappa shape index (κ1) is 15.4.